The van der Waals surface area contributed by atoms with E-state index in [-0.39, 0.29) is 0 Å². The van der Waals surface area contributed by atoms with Crippen molar-refractivity contribution in [2.24, 2.45) is 4.99 Å². The van der Waals surface area contributed by atoms with Crippen LogP contribution in [0.1, 0.15) is 27.2 Å². The van der Waals surface area contributed by atoms with E-state index in [1.807, 2.05) is 32.1 Å². The summed E-state index contributed by atoms with van der Waals surface area (Å²) in [6.07, 6.45) is 16.6. The van der Waals surface area contributed by atoms with Crippen LogP contribution in [0.3, 0.4) is 0 Å². The fourth-order valence-corrected chi connectivity index (χ4v) is 1.18. The Kier molecular flexibility index (Phi) is 8.90. The highest BCUT2D eigenvalue weighted by Gasteiger charge is 1.97. The van der Waals surface area contributed by atoms with Gasteiger partial charge in [0.1, 0.15) is 0 Å². The molecular formula is C15H21N. The lowest BCUT2D eigenvalue weighted by atomic mass is 10.1. The van der Waals surface area contributed by atoms with Crippen LogP contribution in [0, 0.1) is 0 Å². The Bertz CT molecular complexity index is 338. The van der Waals surface area contributed by atoms with Gasteiger partial charge in [0.25, 0.3) is 0 Å². The molecule has 0 aliphatic heterocycles. The summed E-state index contributed by atoms with van der Waals surface area (Å²) < 4.78 is 0. The second-order valence-electron chi connectivity index (χ2n) is 3.16. The van der Waals surface area contributed by atoms with E-state index in [2.05, 4.69) is 36.7 Å². The topological polar surface area (TPSA) is 12.4 Å². The first-order chi connectivity index (χ1) is 7.79. The van der Waals surface area contributed by atoms with E-state index >= 15 is 0 Å². The zero-order chi connectivity index (χ0) is 12.2. The van der Waals surface area contributed by atoms with Crippen molar-refractivity contribution in [3.8, 4) is 0 Å². The van der Waals surface area contributed by atoms with Crippen LogP contribution in [-0.2, 0) is 0 Å². The predicted octanol–water partition coefficient (Wildman–Crippen LogP) is 4.62. The fourth-order valence-electron chi connectivity index (χ4n) is 1.18. The molecule has 0 spiro atoms. The molecule has 0 aromatic rings. The monoisotopic (exact) mass is 215 g/mol. The maximum absolute atomic E-state index is 4.37. The first-order valence-corrected chi connectivity index (χ1v) is 5.61. The van der Waals surface area contributed by atoms with E-state index in [1.54, 1.807) is 12.3 Å². The van der Waals surface area contributed by atoms with Crippen LogP contribution < -0.4 is 0 Å². The molecule has 0 amide bonds. The van der Waals surface area contributed by atoms with Crippen LogP contribution in [0.15, 0.2) is 65.4 Å². The smallest absolute Gasteiger partial charge is 0.0661 e. The minimum absolute atomic E-state index is 0.967. The van der Waals surface area contributed by atoms with Gasteiger partial charge in [0, 0.05) is 6.21 Å². The highest BCUT2D eigenvalue weighted by atomic mass is 14.7. The summed E-state index contributed by atoms with van der Waals surface area (Å²) in [6, 6.07) is 0. The molecule has 0 saturated carbocycles. The molecule has 0 saturated heterocycles. The van der Waals surface area contributed by atoms with Crippen LogP contribution >= 0.6 is 0 Å². The molecule has 0 fully saturated rings. The van der Waals surface area contributed by atoms with Gasteiger partial charge in [0.15, 0.2) is 0 Å². The zero-order valence-electron chi connectivity index (χ0n) is 10.5. The molecule has 0 atom stereocenters. The van der Waals surface area contributed by atoms with Crippen molar-refractivity contribution in [1.29, 1.82) is 0 Å². The summed E-state index contributed by atoms with van der Waals surface area (Å²) in [6.45, 7) is 9.74. The third-order valence-electron chi connectivity index (χ3n) is 1.83. The molecule has 0 aliphatic rings. The van der Waals surface area contributed by atoms with Crippen LogP contribution in [0.4, 0.5) is 0 Å². The van der Waals surface area contributed by atoms with Crippen molar-refractivity contribution in [2.75, 3.05) is 0 Å². The number of allylic oxidation sites excluding steroid dienone is 7. The van der Waals surface area contributed by atoms with E-state index in [9.17, 15) is 0 Å². The summed E-state index contributed by atoms with van der Waals surface area (Å²) in [5, 5.41) is 0. The Hall–Kier alpha value is -1.63. The van der Waals surface area contributed by atoms with Crippen molar-refractivity contribution < 1.29 is 0 Å². The Morgan fingerprint density at radius 2 is 2.00 bits per heavy atom. The van der Waals surface area contributed by atoms with Crippen molar-refractivity contribution in [3.05, 3.63) is 60.4 Å². The predicted molar refractivity (Wildman–Crippen MR) is 74.8 cm³/mol. The Labute approximate surface area is 99.3 Å². The van der Waals surface area contributed by atoms with Gasteiger partial charge >= 0.3 is 0 Å². The van der Waals surface area contributed by atoms with Gasteiger partial charge in [-0.25, -0.2) is 0 Å². The van der Waals surface area contributed by atoms with Gasteiger partial charge in [-0.05, 0) is 25.8 Å². The quantitative estimate of drug-likeness (QED) is 0.453. The maximum Gasteiger partial charge on any atom is 0.0661 e. The van der Waals surface area contributed by atoms with Crippen LogP contribution in [0.25, 0.3) is 0 Å². The van der Waals surface area contributed by atoms with Crippen LogP contribution in [0.5, 0.6) is 0 Å². The molecule has 0 bridgehead atoms. The summed E-state index contributed by atoms with van der Waals surface area (Å²) in [5.74, 6) is 0. The Balaban J connectivity index is 5.17. The lowest BCUT2D eigenvalue weighted by Gasteiger charge is -2.01. The van der Waals surface area contributed by atoms with Gasteiger partial charge in [0.05, 0.1) is 5.70 Å². The summed E-state index contributed by atoms with van der Waals surface area (Å²) >= 11 is 0. The van der Waals surface area contributed by atoms with Crippen molar-refractivity contribution in [3.63, 3.8) is 0 Å². The first-order valence-electron chi connectivity index (χ1n) is 5.61. The minimum atomic E-state index is 0.967. The third kappa shape index (κ3) is 5.97. The molecule has 0 heterocycles. The zero-order valence-corrected chi connectivity index (χ0v) is 10.5. The molecule has 86 valence electrons. The molecule has 0 aromatic heterocycles. The molecule has 16 heavy (non-hydrogen) atoms. The number of hydrogen-bond donors (Lipinski definition) is 0. The van der Waals surface area contributed by atoms with E-state index in [0.717, 1.165) is 17.7 Å². The minimum Gasteiger partial charge on any atom is -0.257 e. The molecule has 1 nitrogen and oxygen atoms in total. The van der Waals surface area contributed by atoms with Gasteiger partial charge < -0.3 is 0 Å². The lowest BCUT2D eigenvalue weighted by Crippen LogP contribution is -1.84. The van der Waals surface area contributed by atoms with Gasteiger partial charge in [-0.15, -0.1) is 0 Å². The van der Waals surface area contributed by atoms with Gasteiger partial charge in [-0.1, -0.05) is 56.0 Å². The maximum atomic E-state index is 4.37. The molecule has 0 radical (unpaired) electrons. The van der Waals surface area contributed by atoms with E-state index in [4.69, 9.17) is 0 Å². The summed E-state index contributed by atoms with van der Waals surface area (Å²) in [4.78, 5) is 4.37. The van der Waals surface area contributed by atoms with E-state index in [0.29, 0.717) is 0 Å². The van der Waals surface area contributed by atoms with Gasteiger partial charge in [-0.3, -0.25) is 4.99 Å². The highest BCUT2D eigenvalue weighted by Crippen LogP contribution is 2.14. The van der Waals surface area contributed by atoms with Crippen molar-refractivity contribution in [2.45, 2.75) is 27.2 Å². The first kappa shape index (κ1) is 14.4. The summed E-state index contributed by atoms with van der Waals surface area (Å²) in [5.41, 5.74) is 2.10. The second kappa shape index (κ2) is 9.91. The van der Waals surface area contributed by atoms with Gasteiger partial charge in [0.2, 0.25) is 0 Å². The van der Waals surface area contributed by atoms with Crippen LogP contribution in [-0.4, -0.2) is 6.21 Å². The standard InChI is InChI=1S/C15H21N/c1-5-9-12-14(10-6-2)15(11-7-3)16-13-8-4/h5-6,8-13H,4,7H2,1-3H3/b9-5-,10-6-,14-12-,15-11-,16-13-. The largest absolute Gasteiger partial charge is 0.257 e. The average molecular weight is 215 g/mol. The Morgan fingerprint density at radius 3 is 2.50 bits per heavy atom. The number of rotatable bonds is 6. The number of nitrogens with zero attached hydrogens (tertiary/aromatic N) is 1. The van der Waals surface area contributed by atoms with Crippen molar-refractivity contribution in [1.82, 2.24) is 0 Å². The van der Waals surface area contributed by atoms with Crippen molar-refractivity contribution >= 4 is 6.21 Å². The normalized spacial score (nSPS) is 14.4. The summed E-state index contributed by atoms with van der Waals surface area (Å²) in [7, 11) is 0. The molecule has 0 N–H and O–H groups in total. The molecule has 0 aromatic carbocycles. The van der Waals surface area contributed by atoms with Crippen LogP contribution in [0.2, 0.25) is 0 Å². The molecule has 0 unspecified atom stereocenters. The molecule has 0 aliphatic carbocycles. The molecular weight excluding hydrogens is 194 g/mol. The molecule has 1 heteroatoms. The Morgan fingerprint density at radius 1 is 1.25 bits per heavy atom. The van der Waals surface area contributed by atoms with E-state index < -0.39 is 0 Å². The SMILES string of the molecule is C=C\C=N/C(=C\CC)C(/C=C\C)=C\C=C/C. The molecule has 0 rings (SSSR count). The second-order valence-corrected chi connectivity index (χ2v) is 3.16. The third-order valence-corrected chi connectivity index (χ3v) is 1.83. The van der Waals surface area contributed by atoms with Gasteiger partial charge in [-0.2, -0.15) is 0 Å². The number of aliphatic imine (C=N–C) groups is 1. The highest BCUT2D eigenvalue weighted by molar-refractivity contribution is 5.72. The lowest BCUT2D eigenvalue weighted by molar-refractivity contribution is 1.17. The number of hydrogen-bond acceptors (Lipinski definition) is 1. The average Bonchev–Trinajstić information content (AvgIpc) is 2.30. The van der Waals surface area contributed by atoms with E-state index in [1.165, 1.54) is 0 Å². The fraction of sp³-hybridized carbons (Fsp3) is 0.267.